The number of hydrogen-bond donors (Lipinski definition) is 0. The number of amidine groups is 1. The summed E-state index contributed by atoms with van der Waals surface area (Å²) >= 11 is 0. The van der Waals surface area contributed by atoms with Crippen LogP contribution in [-0.2, 0) is 11.0 Å². The predicted molar refractivity (Wildman–Crippen MR) is 138 cm³/mol. The number of benzene rings is 2. The van der Waals surface area contributed by atoms with Crippen molar-refractivity contribution in [2.75, 3.05) is 4.90 Å². The topological polar surface area (TPSA) is 6.25 Å². The predicted octanol–water partition coefficient (Wildman–Crippen LogP) is 7.18. The number of fused-ring (bicyclic) bond motifs is 3. The summed E-state index contributed by atoms with van der Waals surface area (Å²) in [7, 11) is 0. The van der Waals surface area contributed by atoms with Crippen molar-refractivity contribution in [2.45, 2.75) is 106 Å². The number of nitrogens with zero attached hydrogens (tertiary/aromatic N) is 2. The van der Waals surface area contributed by atoms with Gasteiger partial charge in [-0.2, -0.15) is 0 Å². The molecule has 0 spiro atoms. The molecule has 2 atom stereocenters. The van der Waals surface area contributed by atoms with Gasteiger partial charge in [0, 0.05) is 11.0 Å². The van der Waals surface area contributed by atoms with Crippen LogP contribution in [0.5, 0.6) is 0 Å². The van der Waals surface area contributed by atoms with E-state index < -0.39 is 0 Å². The van der Waals surface area contributed by atoms with E-state index in [2.05, 4.69) is 123 Å². The molecule has 1 aliphatic heterocycles. The molecule has 1 heterocycles. The van der Waals surface area contributed by atoms with Gasteiger partial charge in [-0.3, -0.25) is 4.58 Å². The first-order valence-electron chi connectivity index (χ1n) is 12.4. The minimum Gasteiger partial charge on any atom is -0.252 e. The monoisotopic (exact) mass is 431 g/mol. The average molecular weight is 432 g/mol. The summed E-state index contributed by atoms with van der Waals surface area (Å²) in [5, 5.41) is 0. The third-order valence-corrected chi connectivity index (χ3v) is 9.28. The summed E-state index contributed by atoms with van der Waals surface area (Å²) in [6.45, 7) is 28.6. The quantitative estimate of drug-likeness (QED) is 0.466. The maximum absolute atomic E-state index is 2.79. The molecule has 0 saturated heterocycles. The SMILES string of the molecule is Cc1cc(C)c(C)c(N2C(C(C)C)=[N+](C(C)C)[C@@]3(C)C(C)(C)c4ccccc4[C@@]23C)c1C. The number of anilines is 1. The molecule has 1 aliphatic carbocycles. The molecule has 2 nitrogen and oxygen atoms in total. The van der Waals surface area contributed by atoms with E-state index in [1.807, 2.05) is 0 Å². The molecule has 2 aromatic rings. The average Bonchev–Trinajstić information content (AvgIpc) is 3.01. The number of rotatable bonds is 3. The van der Waals surface area contributed by atoms with Crippen molar-refractivity contribution in [1.29, 1.82) is 0 Å². The number of hydrogen-bond acceptors (Lipinski definition) is 1. The third-order valence-electron chi connectivity index (χ3n) is 9.28. The van der Waals surface area contributed by atoms with Gasteiger partial charge in [0.1, 0.15) is 5.69 Å². The van der Waals surface area contributed by atoms with Crippen LogP contribution >= 0.6 is 0 Å². The molecular formula is C30H43N2+. The minimum atomic E-state index is -0.174. The van der Waals surface area contributed by atoms with Gasteiger partial charge in [-0.1, -0.05) is 58.0 Å². The molecule has 0 amide bonds. The fourth-order valence-corrected chi connectivity index (χ4v) is 7.21. The van der Waals surface area contributed by atoms with Gasteiger partial charge in [-0.25, -0.2) is 4.90 Å². The zero-order valence-electron chi connectivity index (χ0n) is 22.4. The highest BCUT2D eigenvalue weighted by molar-refractivity contribution is 6.01. The van der Waals surface area contributed by atoms with Crippen LogP contribution in [0.3, 0.4) is 0 Å². The summed E-state index contributed by atoms with van der Waals surface area (Å²) in [5.74, 6) is 1.88. The molecule has 32 heavy (non-hydrogen) atoms. The molecule has 0 unspecified atom stereocenters. The van der Waals surface area contributed by atoms with Gasteiger partial charge in [-0.15, -0.1) is 0 Å². The normalized spacial score (nSPS) is 26.4. The fourth-order valence-electron chi connectivity index (χ4n) is 7.21. The van der Waals surface area contributed by atoms with Crippen LogP contribution in [0.4, 0.5) is 5.69 Å². The zero-order valence-corrected chi connectivity index (χ0v) is 22.4. The van der Waals surface area contributed by atoms with Gasteiger partial charge < -0.3 is 0 Å². The molecule has 0 aromatic heterocycles. The van der Waals surface area contributed by atoms with Crippen LogP contribution in [0.2, 0.25) is 0 Å². The van der Waals surface area contributed by atoms with Crippen molar-refractivity contribution >= 4 is 11.5 Å². The number of aryl methyl sites for hydroxylation is 2. The van der Waals surface area contributed by atoms with Gasteiger partial charge >= 0.3 is 0 Å². The van der Waals surface area contributed by atoms with Crippen molar-refractivity contribution in [1.82, 2.24) is 0 Å². The van der Waals surface area contributed by atoms with Gasteiger partial charge in [0.05, 0.1) is 12.0 Å². The Hall–Kier alpha value is -2.09. The van der Waals surface area contributed by atoms with Gasteiger partial charge in [0.15, 0.2) is 11.1 Å². The Bertz CT molecular complexity index is 1110. The van der Waals surface area contributed by atoms with Crippen LogP contribution in [0.25, 0.3) is 0 Å². The van der Waals surface area contributed by atoms with E-state index in [1.54, 1.807) is 0 Å². The maximum Gasteiger partial charge on any atom is 0.256 e. The maximum atomic E-state index is 2.79. The van der Waals surface area contributed by atoms with E-state index in [-0.39, 0.29) is 16.5 Å². The van der Waals surface area contributed by atoms with Crippen molar-refractivity contribution in [3.05, 3.63) is 63.7 Å². The Morgan fingerprint density at radius 3 is 1.75 bits per heavy atom. The first kappa shape index (κ1) is 23.1. The highest BCUT2D eigenvalue weighted by Gasteiger charge is 2.77. The highest BCUT2D eigenvalue weighted by Crippen LogP contribution is 2.64. The van der Waals surface area contributed by atoms with Gasteiger partial charge in [0.25, 0.3) is 5.84 Å². The first-order chi connectivity index (χ1) is 14.7. The molecule has 0 fully saturated rings. The van der Waals surface area contributed by atoms with Gasteiger partial charge in [0.2, 0.25) is 0 Å². The largest absolute Gasteiger partial charge is 0.256 e. The van der Waals surface area contributed by atoms with Crippen LogP contribution in [0.1, 0.15) is 88.8 Å². The smallest absolute Gasteiger partial charge is 0.252 e. The fraction of sp³-hybridized carbons (Fsp3) is 0.567. The van der Waals surface area contributed by atoms with Crippen molar-refractivity contribution in [3.8, 4) is 0 Å². The Kier molecular flexibility index (Phi) is 5.02. The molecule has 2 aliphatic rings. The molecule has 172 valence electrons. The van der Waals surface area contributed by atoms with Crippen LogP contribution < -0.4 is 4.90 Å². The highest BCUT2D eigenvalue weighted by atomic mass is 15.4. The molecule has 0 saturated carbocycles. The zero-order chi connectivity index (χ0) is 24.0. The lowest BCUT2D eigenvalue weighted by Crippen LogP contribution is -2.61. The summed E-state index contributed by atoms with van der Waals surface area (Å²) in [4.78, 5) is 2.77. The molecule has 4 rings (SSSR count). The van der Waals surface area contributed by atoms with E-state index in [9.17, 15) is 0 Å². The second kappa shape index (κ2) is 6.95. The Balaban J connectivity index is 2.23. The Morgan fingerprint density at radius 2 is 1.28 bits per heavy atom. The summed E-state index contributed by atoms with van der Waals surface area (Å²) in [5.41, 5.74) is 9.68. The van der Waals surface area contributed by atoms with E-state index >= 15 is 0 Å². The lowest BCUT2D eigenvalue weighted by atomic mass is 9.66. The Labute approximate surface area is 196 Å². The van der Waals surface area contributed by atoms with Crippen LogP contribution in [-0.4, -0.2) is 22.0 Å². The van der Waals surface area contributed by atoms with E-state index in [0.29, 0.717) is 12.0 Å². The van der Waals surface area contributed by atoms with Crippen molar-refractivity contribution in [2.24, 2.45) is 5.92 Å². The van der Waals surface area contributed by atoms with Gasteiger partial charge in [-0.05, 0) is 83.2 Å². The third kappa shape index (κ3) is 2.45. The second-order valence-electron chi connectivity index (χ2n) is 11.7. The Morgan fingerprint density at radius 1 is 0.781 bits per heavy atom. The van der Waals surface area contributed by atoms with E-state index in [1.165, 1.54) is 44.9 Å². The minimum absolute atomic E-state index is 0.00180. The standard InChI is InChI=1S/C30H43N2/c1-18(2)27-31(19(3)4)30(12)28(9,10)24-15-13-14-16-25(24)29(30,11)32(27)26-22(7)20(5)17-21(6)23(26)8/h13-19H,1-12H3/q+1/t29-,30+/m1/s1. The summed E-state index contributed by atoms with van der Waals surface area (Å²) in [6.07, 6.45) is 0. The summed E-state index contributed by atoms with van der Waals surface area (Å²) in [6, 6.07) is 12.0. The molecular weight excluding hydrogens is 388 g/mol. The molecule has 0 N–H and O–H groups in total. The molecule has 2 aromatic carbocycles. The lowest BCUT2D eigenvalue weighted by molar-refractivity contribution is -0.642. The molecule has 0 bridgehead atoms. The van der Waals surface area contributed by atoms with E-state index in [4.69, 9.17) is 0 Å². The van der Waals surface area contributed by atoms with Crippen molar-refractivity contribution in [3.63, 3.8) is 0 Å². The van der Waals surface area contributed by atoms with E-state index in [0.717, 1.165) is 0 Å². The molecule has 0 radical (unpaired) electrons. The molecule has 2 heteroatoms. The lowest BCUT2D eigenvalue weighted by Gasteiger charge is -2.44. The van der Waals surface area contributed by atoms with Crippen LogP contribution in [0.15, 0.2) is 30.3 Å². The second-order valence-corrected chi connectivity index (χ2v) is 11.7. The van der Waals surface area contributed by atoms with Crippen LogP contribution in [0, 0.1) is 33.6 Å². The van der Waals surface area contributed by atoms with Crippen molar-refractivity contribution < 1.29 is 4.58 Å². The first-order valence-corrected chi connectivity index (χ1v) is 12.4. The summed E-state index contributed by atoms with van der Waals surface area (Å²) < 4.78 is 2.79.